The van der Waals surface area contributed by atoms with E-state index in [0.29, 0.717) is 18.9 Å². The smallest absolute Gasteiger partial charge is 0.226 e. The van der Waals surface area contributed by atoms with Gasteiger partial charge in [0.1, 0.15) is 23.2 Å². The van der Waals surface area contributed by atoms with Gasteiger partial charge < -0.3 is 10.1 Å². The molecule has 0 aliphatic heterocycles. The highest BCUT2D eigenvalue weighted by Gasteiger charge is 2.08. The van der Waals surface area contributed by atoms with E-state index in [4.69, 9.17) is 4.74 Å². The molecule has 4 nitrogen and oxygen atoms in total. The normalized spacial score (nSPS) is 10.6. The molecule has 3 aromatic rings. The highest BCUT2D eigenvalue weighted by atomic mass is 32.1. The van der Waals surface area contributed by atoms with Crippen LogP contribution < -0.4 is 10.1 Å². The van der Waals surface area contributed by atoms with Crippen molar-refractivity contribution in [1.29, 1.82) is 0 Å². The summed E-state index contributed by atoms with van der Waals surface area (Å²) in [5.74, 6) is 0.256. The van der Waals surface area contributed by atoms with Crippen molar-refractivity contribution in [1.82, 2.24) is 10.3 Å². The lowest BCUT2D eigenvalue weighted by atomic mass is 10.3. The van der Waals surface area contributed by atoms with Crippen LogP contribution in [0.4, 0.5) is 4.39 Å². The Kier molecular flexibility index (Phi) is 6.14. The van der Waals surface area contributed by atoms with Gasteiger partial charge in [0.25, 0.3) is 0 Å². The summed E-state index contributed by atoms with van der Waals surface area (Å²) in [6.45, 7) is 0.931. The van der Waals surface area contributed by atoms with Crippen LogP contribution in [0.3, 0.4) is 0 Å². The molecule has 0 saturated carbocycles. The van der Waals surface area contributed by atoms with Crippen LogP contribution >= 0.6 is 22.7 Å². The molecule has 7 heteroatoms. The maximum absolute atomic E-state index is 12.8. The van der Waals surface area contributed by atoms with Crippen molar-refractivity contribution in [3.63, 3.8) is 0 Å². The Morgan fingerprint density at radius 2 is 2.04 bits per heavy atom. The molecule has 1 aromatic carbocycles. The predicted octanol–water partition coefficient (Wildman–Crippen LogP) is 3.82. The highest BCUT2D eigenvalue weighted by Crippen LogP contribution is 2.16. The van der Waals surface area contributed by atoms with Gasteiger partial charge >= 0.3 is 0 Å². The molecule has 0 aliphatic carbocycles. The van der Waals surface area contributed by atoms with Gasteiger partial charge in [-0.15, -0.1) is 22.7 Å². The molecule has 0 spiro atoms. The Hall–Kier alpha value is -2.25. The molecule has 130 valence electrons. The minimum Gasteiger partial charge on any atom is -0.486 e. The van der Waals surface area contributed by atoms with Crippen LogP contribution in [-0.2, 0) is 24.2 Å². The summed E-state index contributed by atoms with van der Waals surface area (Å²) in [7, 11) is 0. The first-order valence-electron chi connectivity index (χ1n) is 7.80. The van der Waals surface area contributed by atoms with Gasteiger partial charge in [0, 0.05) is 16.8 Å². The lowest BCUT2D eigenvalue weighted by Crippen LogP contribution is -2.27. The van der Waals surface area contributed by atoms with Gasteiger partial charge in [-0.2, -0.15) is 0 Å². The van der Waals surface area contributed by atoms with E-state index in [1.807, 2.05) is 16.8 Å². The van der Waals surface area contributed by atoms with Crippen molar-refractivity contribution in [2.75, 3.05) is 6.54 Å². The second-order valence-electron chi connectivity index (χ2n) is 5.33. The number of thiophene rings is 1. The van der Waals surface area contributed by atoms with Crippen molar-refractivity contribution >= 4 is 28.6 Å². The topological polar surface area (TPSA) is 51.2 Å². The predicted molar refractivity (Wildman–Crippen MR) is 97.6 cm³/mol. The van der Waals surface area contributed by atoms with Crippen LogP contribution in [0.2, 0.25) is 0 Å². The van der Waals surface area contributed by atoms with Crippen LogP contribution in [-0.4, -0.2) is 17.4 Å². The molecule has 0 atom stereocenters. The fourth-order valence-electron chi connectivity index (χ4n) is 2.18. The number of nitrogens with zero attached hydrogens (tertiary/aromatic N) is 1. The molecule has 0 bridgehead atoms. The molecular weight excluding hydrogens is 359 g/mol. The van der Waals surface area contributed by atoms with E-state index >= 15 is 0 Å². The third-order valence-corrected chi connectivity index (χ3v) is 5.20. The number of hydrogen-bond donors (Lipinski definition) is 1. The number of rotatable bonds is 8. The number of nitrogens with one attached hydrogen (secondary N) is 1. The van der Waals surface area contributed by atoms with Crippen molar-refractivity contribution in [3.8, 4) is 5.75 Å². The average Bonchev–Trinajstić information content (AvgIpc) is 3.26. The van der Waals surface area contributed by atoms with E-state index in [1.165, 1.54) is 28.3 Å². The first-order chi connectivity index (χ1) is 12.2. The Bertz CT molecular complexity index is 801. The number of carbonyl (C=O) groups excluding carboxylic acids is 1. The van der Waals surface area contributed by atoms with Gasteiger partial charge in [-0.25, -0.2) is 9.37 Å². The zero-order valence-electron chi connectivity index (χ0n) is 13.4. The van der Waals surface area contributed by atoms with E-state index in [2.05, 4.69) is 16.4 Å². The van der Waals surface area contributed by atoms with Gasteiger partial charge in [0.2, 0.25) is 5.91 Å². The number of thiazole rings is 1. The first kappa shape index (κ1) is 17.6. The quantitative estimate of drug-likeness (QED) is 0.650. The largest absolute Gasteiger partial charge is 0.486 e. The van der Waals surface area contributed by atoms with Crippen molar-refractivity contribution < 1.29 is 13.9 Å². The van der Waals surface area contributed by atoms with E-state index in [-0.39, 0.29) is 18.1 Å². The van der Waals surface area contributed by atoms with E-state index < -0.39 is 0 Å². The van der Waals surface area contributed by atoms with Crippen LogP contribution in [0.1, 0.15) is 15.6 Å². The molecule has 0 aliphatic rings. The molecular formula is C18H17FN2O2S2. The highest BCUT2D eigenvalue weighted by molar-refractivity contribution is 7.10. The average molecular weight is 376 g/mol. The molecule has 0 saturated heterocycles. The Morgan fingerprint density at radius 1 is 1.20 bits per heavy atom. The summed E-state index contributed by atoms with van der Waals surface area (Å²) in [6, 6.07) is 9.92. The lowest BCUT2D eigenvalue weighted by molar-refractivity contribution is -0.120. The summed E-state index contributed by atoms with van der Waals surface area (Å²) < 4.78 is 18.4. The third kappa shape index (κ3) is 5.65. The summed E-state index contributed by atoms with van der Waals surface area (Å²) >= 11 is 3.14. The molecule has 25 heavy (non-hydrogen) atoms. The molecule has 0 fully saturated rings. The van der Waals surface area contributed by atoms with Crippen LogP contribution in [0.5, 0.6) is 5.75 Å². The summed E-state index contributed by atoms with van der Waals surface area (Å²) in [5, 5.41) is 7.58. The minimum atomic E-state index is -0.297. The SMILES string of the molecule is O=C(Cc1csc(COc2ccc(F)cc2)n1)NCCc1cccs1. The van der Waals surface area contributed by atoms with Gasteiger partial charge in [-0.1, -0.05) is 6.07 Å². The zero-order valence-corrected chi connectivity index (χ0v) is 15.0. The third-order valence-electron chi connectivity index (χ3n) is 3.39. The number of halogens is 1. The summed E-state index contributed by atoms with van der Waals surface area (Å²) in [6.07, 6.45) is 1.11. The van der Waals surface area contributed by atoms with Crippen LogP contribution in [0, 0.1) is 5.82 Å². The minimum absolute atomic E-state index is 0.0344. The maximum Gasteiger partial charge on any atom is 0.226 e. The van der Waals surface area contributed by atoms with E-state index in [9.17, 15) is 9.18 Å². The van der Waals surface area contributed by atoms with Gasteiger partial charge in [0.15, 0.2) is 0 Å². The van der Waals surface area contributed by atoms with Crippen molar-refractivity contribution in [2.45, 2.75) is 19.4 Å². The summed E-state index contributed by atoms with van der Waals surface area (Å²) in [4.78, 5) is 17.6. The molecule has 1 amide bonds. The van der Waals surface area contributed by atoms with E-state index in [0.717, 1.165) is 17.1 Å². The molecule has 3 rings (SSSR count). The van der Waals surface area contributed by atoms with Crippen LogP contribution in [0.15, 0.2) is 47.2 Å². The summed E-state index contributed by atoms with van der Waals surface area (Å²) in [5.41, 5.74) is 0.733. The fourth-order valence-corrected chi connectivity index (χ4v) is 3.59. The van der Waals surface area contributed by atoms with Crippen LogP contribution in [0.25, 0.3) is 0 Å². The molecule has 0 unspecified atom stereocenters. The number of amides is 1. The second kappa shape index (κ2) is 8.73. The van der Waals surface area contributed by atoms with E-state index in [1.54, 1.807) is 23.5 Å². The Labute approximate surface area is 153 Å². The lowest BCUT2D eigenvalue weighted by Gasteiger charge is -2.03. The number of carbonyl (C=O) groups is 1. The number of ether oxygens (including phenoxy) is 1. The van der Waals surface area contributed by atoms with Gasteiger partial charge in [-0.05, 0) is 42.1 Å². The zero-order chi connectivity index (χ0) is 17.5. The standard InChI is InChI=1S/C18H17FN2O2S2/c19-13-3-5-15(6-4-13)23-11-18-21-14(12-25-18)10-17(22)20-8-7-16-2-1-9-24-16/h1-6,9,12H,7-8,10-11H2,(H,20,22). The second-order valence-corrected chi connectivity index (χ2v) is 7.31. The molecule has 0 radical (unpaired) electrons. The molecule has 2 aromatic heterocycles. The number of aromatic nitrogens is 1. The Balaban J connectivity index is 1.41. The number of hydrogen-bond acceptors (Lipinski definition) is 5. The Morgan fingerprint density at radius 3 is 2.80 bits per heavy atom. The van der Waals surface area contributed by atoms with Gasteiger partial charge in [-0.3, -0.25) is 4.79 Å². The monoisotopic (exact) mass is 376 g/mol. The molecule has 2 heterocycles. The fraction of sp³-hybridized carbons (Fsp3) is 0.222. The number of benzene rings is 1. The first-order valence-corrected chi connectivity index (χ1v) is 9.56. The molecule has 1 N–H and O–H groups in total. The van der Waals surface area contributed by atoms with Gasteiger partial charge in [0.05, 0.1) is 12.1 Å². The van der Waals surface area contributed by atoms with Crippen molar-refractivity contribution in [3.05, 3.63) is 68.6 Å². The van der Waals surface area contributed by atoms with Crippen molar-refractivity contribution in [2.24, 2.45) is 0 Å². The maximum atomic E-state index is 12.8.